The molecule has 15 heavy (non-hydrogen) atoms. The van der Waals surface area contributed by atoms with E-state index < -0.39 is 10.0 Å². The minimum Gasteiger partial charge on any atom is -0.213 e. The molecule has 1 saturated carbocycles. The average Bonchev–Trinajstić information content (AvgIpc) is 2.82. The van der Waals surface area contributed by atoms with Crippen molar-refractivity contribution in [1.29, 1.82) is 0 Å². The summed E-state index contributed by atoms with van der Waals surface area (Å²) in [5.74, 6) is 0.303. The molecule has 0 bridgehead atoms. The van der Waals surface area contributed by atoms with Crippen LogP contribution < -0.4 is 4.72 Å². The first-order chi connectivity index (χ1) is 6.96. The number of benzene rings is 1. The van der Waals surface area contributed by atoms with Crippen molar-refractivity contribution in [3.05, 3.63) is 34.9 Å². The molecular weight excluding hydrogens is 234 g/mol. The van der Waals surface area contributed by atoms with Gasteiger partial charge in [0.05, 0.1) is 6.26 Å². The molecule has 1 fully saturated rings. The summed E-state index contributed by atoms with van der Waals surface area (Å²) in [7, 11) is -3.09. The second-order valence-corrected chi connectivity index (χ2v) is 6.11. The van der Waals surface area contributed by atoms with Crippen molar-refractivity contribution in [2.75, 3.05) is 6.26 Å². The zero-order valence-corrected chi connectivity index (χ0v) is 9.85. The van der Waals surface area contributed by atoms with Crippen molar-refractivity contribution < 1.29 is 8.42 Å². The molecule has 0 amide bonds. The normalized spacial score (nSPS) is 25.2. The molecule has 0 spiro atoms. The zero-order valence-electron chi connectivity index (χ0n) is 8.27. The SMILES string of the molecule is CS(=O)(=O)NC1CC1c1ccc(Cl)cc1. The highest BCUT2D eigenvalue weighted by molar-refractivity contribution is 7.88. The monoisotopic (exact) mass is 245 g/mol. The molecule has 5 heteroatoms. The first-order valence-corrected chi connectivity index (χ1v) is 6.95. The lowest BCUT2D eigenvalue weighted by atomic mass is 10.1. The second-order valence-electron chi connectivity index (χ2n) is 3.89. The second kappa shape index (κ2) is 3.77. The van der Waals surface area contributed by atoms with E-state index in [2.05, 4.69) is 4.72 Å². The molecule has 2 unspecified atom stereocenters. The van der Waals surface area contributed by atoms with Gasteiger partial charge >= 0.3 is 0 Å². The van der Waals surface area contributed by atoms with E-state index >= 15 is 0 Å². The fourth-order valence-electron chi connectivity index (χ4n) is 1.68. The Hall–Kier alpha value is -0.580. The lowest BCUT2D eigenvalue weighted by Gasteiger charge is -2.01. The van der Waals surface area contributed by atoms with Gasteiger partial charge < -0.3 is 0 Å². The Balaban J connectivity index is 2.02. The summed E-state index contributed by atoms with van der Waals surface area (Å²) in [4.78, 5) is 0. The van der Waals surface area contributed by atoms with Crippen LogP contribution in [-0.2, 0) is 10.0 Å². The number of hydrogen-bond acceptors (Lipinski definition) is 2. The maximum Gasteiger partial charge on any atom is 0.208 e. The van der Waals surface area contributed by atoms with Gasteiger partial charge in [-0.2, -0.15) is 0 Å². The molecule has 0 heterocycles. The lowest BCUT2D eigenvalue weighted by Crippen LogP contribution is -2.25. The zero-order chi connectivity index (χ0) is 11.1. The summed E-state index contributed by atoms with van der Waals surface area (Å²) in [6.45, 7) is 0. The van der Waals surface area contributed by atoms with Crippen LogP contribution in [0.1, 0.15) is 17.9 Å². The van der Waals surface area contributed by atoms with E-state index in [0.717, 1.165) is 12.0 Å². The Bertz CT molecular complexity index is 455. The van der Waals surface area contributed by atoms with Crippen molar-refractivity contribution in [3.63, 3.8) is 0 Å². The van der Waals surface area contributed by atoms with E-state index in [4.69, 9.17) is 11.6 Å². The van der Waals surface area contributed by atoms with Crippen LogP contribution in [0.5, 0.6) is 0 Å². The minimum atomic E-state index is -3.09. The standard InChI is InChI=1S/C10H12ClNO2S/c1-15(13,14)12-10-6-9(10)7-2-4-8(11)5-3-7/h2-5,9-10,12H,6H2,1H3. The summed E-state index contributed by atoms with van der Waals surface area (Å²) in [5, 5.41) is 0.701. The summed E-state index contributed by atoms with van der Waals surface area (Å²) in [5.41, 5.74) is 1.14. The van der Waals surface area contributed by atoms with Gasteiger partial charge in [0.15, 0.2) is 0 Å². The van der Waals surface area contributed by atoms with Crippen LogP contribution in [0.15, 0.2) is 24.3 Å². The molecule has 0 aliphatic heterocycles. The highest BCUT2D eigenvalue weighted by Crippen LogP contribution is 2.41. The summed E-state index contributed by atoms with van der Waals surface area (Å²) < 4.78 is 24.6. The molecule has 1 aliphatic rings. The summed E-state index contributed by atoms with van der Waals surface area (Å²) in [6.07, 6.45) is 2.05. The van der Waals surface area contributed by atoms with Gasteiger partial charge in [-0.15, -0.1) is 0 Å². The van der Waals surface area contributed by atoms with E-state index in [1.54, 1.807) is 0 Å². The number of hydrogen-bond donors (Lipinski definition) is 1. The first-order valence-electron chi connectivity index (χ1n) is 4.68. The number of nitrogens with one attached hydrogen (secondary N) is 1. The van der Waals surface area contributed by atoms with Gasteiger partial charge in [0.1, 0.15) is 0 Å². The van der Waals surface area contributed by atoms with Gasteiger partial charge in [0, 0.05) is 17.0 Å². The third-order valence-electron chi connectivity index (χ3n) is 2.45. The third kappa shape index (κ3) is 2.93. The Morgan fingerprint density at radius 2 is 1.93 bits per heavy atom. The van der Waals surface area contributed by atoms with Crippen molar-refractivity contribution in [1.82, 2.24) is 4.72 Å². The summed E-state index contributed by atoms with van der Waals surface area (Å²) in [6, 6.07) is 7.59. The van der Waals surface area contributed by atoms with Crippen LogP contribution in [-0.4, -0.2) is 20.7 Å². The molecule has 2 atom stereocenters. The van der Waals surface area contributed by atoms with Crippen LogP contribution in [0.25, 0.3) is 0 Å². The molecule has 0 aromatic heterocycles. The molecule has 1 N–H and O–H groups in total. The van der Waals surface area contributed by atoms with Crippen LogP contribution in [0.4, 0.5) is 0 Å². The Morgan fingerprint density at radius 3 is 2.47 bits per heavy atom. The Kier molecular flexibility index (Phi) is 2.75. The van der Waals surface area contributed by atoms with Crippen LogP contribution >= 0.6 is 11.6 Å². The van der Waals surface area contributed by atoms with Crippen LogP contribution in [0.2, 0.25) is 5.02 Å². The maximum absolute atomic E-state index is 11.0. The highest BCUT2D eigenvalue weighted by Gasteiger charge is 2.39. The van der Waals surface area contributed by atoms with Gasteiger partial charge in [-0.1, -0.05) is 23.7 Å². The van der Waals surface area contributed by atoms with Gasteiger partial charge in [-0.25, -0.2) is 13.1 Å². The van der Waals surface area contributed by atoms with Crippen molar-refractivity contribution in [2.24, 2.45) is 0 Å². The van der Waals surface area contributed by atoms with E-state index in [9.17, 15) is 8.42 Å². The number of rotatable bonds is 3. The van der Waals surface area contributed by atoms with E-state index in [1.807, 2.05) is 24.3 Å². The Morgan fingerprint density at radius 1 is 1.33 bits per heavy atom. The molecule has 0 radical (unpaired) electrons. The molecule has 1 aliphatic carbocycles. The van der Waals surface area contributed by atoms with Gasteiger partial charge in [-0.05, 0) is 24.1 Å². The third-order valence-corrected chi connectivity index (χ3v) is 3.44. The highest BCUT2D eigenvalue weighted by atomic mass is 35.5. The average molecular weight is 246 g/mol. The molecule has 2 rings (SSSR count). The van der Waals surface area contributed by atoms with Crippen LogP contribution in [0.3, 0.4) is 0 Å². The van der Waals surface area contributed by atoms with Crippen molar-refractivity contribution in [3.8, 4) is 0 Å². The Labute approximate surface area is 94.5 Å². The molecule has 82 valence electrons. The topological polar surface area (TPSA) is 46.2 Å². The molecule has 3 nitrogen and oxygen atoms in total. The number of halogens is 1. The molecule has 1 aromatic carbocycles. The quantitative estimate of drug-likeness (QED) is 0.882. The smallest absolute Gasteiger partial charge is 0.208 e. The molecule has 1 aromatic rings. The van der Waals surface area contributed by atoms with E-state index in [-0.39, 0.29) is 6.04 Å². The number of sulfonamides is 1. The van der Waals surface area contributed by atoms with Gasteiger partial charge in [-0.3, -0.25) is 0 Å². The predicted molar refractivity (Wildman–Crippen MR) is 60.6 cm³/mol. The molecule has 0 saturated heterocycles. The largest absolute Gasteiger partial charge is 0.213 e. The van der Waals surface area contributed by atoms with Crippen molar-refractivity contribution in [2.45, 2.75) is 18.4 Å². The summed E-state index contributed by atoms with van der Waals surface area (Å²) >= 11 is 5.77. The first kappa shape index (κ1) is 10.9. The fourth-order valence-corrected chi connectivity index (χ4v) is 2.62. The maximum atomic E-state index is 11.0. The van der Waals surface area contributed by atoms with Crippen LogP contribution in [0, 0.1) is 0 Å². The van der Waals surface area contributed by atoms with Gasteiger partial charge in [0.2, 0.25) is 10.0 Å². The van der Waals surface area contributed by atoms with Crippen molar-refractivity contribution >= 4 is 21.6 Å². The molecular formula is C10H12ClNO2S. The predicted octanol–water partition coefficient (Wildman–Crippen LogP) is 1.75. The van der Waals surface area contributed by atoms with E-state index in [0.29, 0.717) is 10.9 Å². The van der Waals surface area contributed by atoms with E-state index in [1.165, 1.54) is 6.26 Å². The lowest BCUT2D eigenvalue weighted by molar-refractivity contribution is 0.586. The van der Waals surface area contributed by atoms with Gasteiger partial charge in [0.25, 0.3) is 0 Å². The fraction of sp³-hybridized carbons (Fsp3) is 0.400. The minimum absolute atomic E-state index is 0.0566.